The molecule has 1 unspecified atom stereocenters. The number of hydrogen-bond donors (Lipinski definition) is 1. The van der Waals surface area contributed by atoms with Gasteiger partial charge >= 0.3 is 0 Å². The highest BCUT2D eigenvalue weighted by Gasteiger charge is 2.25. The van der Waals surface area contributed by atoms with Crippen LogP contribution < -0.4 is 5.32 Å². The number of hydrogen-bond acceptors (Lipinski definition) is 4. The minimum atomic E-state index is 0.711. The normalized spacial score (nSPS) is 27.9. The topological polar surface area (TPSA) is 24.9 Å². The molecule has 0 bridgehead atoms. The Labute approximate surface area is 92.5 Å². The van der Waals surface area contributed by atoms with Crippen molar-refractivity contribution < 1.29 is 0 Å². The Morgan fingerprint density at radius 2 is 2.29 bits per heavy atom. The maximum atomic E-state index is 4.78. The van der Waals surface area contributed by atoms with Gasteiger partial charge in [-0.25, -0.2) is 4.98 Å². The van der Waals surface area contributed by atoms with Gasteiger partial charge in [-0.3, -0.25) is 0 Å². The van der Waals surface area contributed by atoms with Gasteiger partial charge in [0.15, 0.2) is 0 Å². The second-order valence-corrected chi connectivity index (χ2v) is 6.07. The predicted octanol–water partition coefficient (Wildman–Crippen LogP) is 2.05. The molecule has 2 saturated heterocycles. The molecule has 1 atom stereocenters. The van der Waals surface area contributed by atoms with Gasteiger partial charge in [0.2, 0.25) is 0 Å². The number of aromatic nitrogens is 1. The molecule has 1 N–H and O–H groups in total. The van der Waals surface area contributed by atoms with Gasteiger partial charge in [0, 0.05) is 36.1 Å². The number of thioether (sulfide) groups is 1. The Bertz CT molecular complexity index is 314. The molecule has 2 nitrogen and oxygen atoms in total. The van der Waals surface area contributed by atoms with Crippen molar-refractivity contribution in [1.29, 1.82) is 0 Å². The molecule has 0 spiro atoms. The van der Waals surface area contributed by atoms with Gasteiger partial charge in [-0.1, -0.05) is 0 Å². The van der Waals surface area contributed by atoms with E-state index in [2.05, 4.69) is 22.5 Å². The van der Waals surface area contributed by atoms with Gasteiger partial charge < -0.3 is 5.32 Å². The van der Waals surface area contributed by atoms with Gasteiger partial charge in [-0.05, 0) is 12.2 Å². The first kappa shape index (κ1) is 9.19. The van der Waals surface area contributed by atoms with Crippen molar-refractivity contribution in [2.24, 2.45) is 0 Å². The fraction of sp³-hybridized carbons (Fsp3) is 0.700. The highest BCUT2D eigenvalue weighted by molar-refractivity contribution is 7.99. The zero-order valence-corrected chi connectivity index (χ0v) is 9.66. The van der Waals surface area contributed by atoms with Crippen LogP contribution in [0.15, 0.2) is 5.38 Å². The fourth-order valence-corrected chi connectivity index (χ4v) is 4.15. The van der Waals surface area contributed by atoms with Crippen molar-refractivity contribution >= 4 is 23.1 Å². The lowest BCUT2D eigenvalue weighted by atomic mass is 10.0. The summed E-state index contributed by atoms with van der Waals surface area (Å²) in [7, 11) is 0. The van der Waals surface area contributed by atoms with E-state index in [4.69, 9.17) is 4.98 Å². The largest absolute Gasteiger partial charge is 0.315 e. The second kappa shape index (κ2) is 3.83. The Morgan fingerprint density at radius 3 is 2.93 bits per heavy atom. The van der Waals surface area contributed by atoms with Gasteiger partial charge in [-0.2, -0.15) is 11.8 Å². The van der Waals surface area contributed by atoms with E-state index in [9.17, 15) is 0 Å². The minimum Gasteiger partial charge on any atom is -0.315 e. The fourth-order valence-electron chi connectivity index (χ4n) is 1.91. The van der Waals surface area contributed by atoms with Gasteiger partial charge in [0.05, 0.1) is 10.7 Å². The van der Waals surface area contributed by atoms with E-state index in [-0.39, 0.29) is 0 Å². The summed E-state index contributed by atoms with van der Waals surface area (Å²) >= 11 is 3.93. The Balaban J connectivity index is 1.75. The van der Waals surface area contributed by atoms with E-state index in [1.165, 1.54) is 28.6 Å². The molecule has 4 heteroatoms. The monoisotopic (exact) mass is 226 g/mol. The summed E-state index contributed by atoms with van der Waals surface area (Å²) in [5.74, 6) is 4.06. The van der Waals surface area contributed by atoms with Crippen LogP contribution in [-0.4, -0.2) is 29.6 Å². The Morgan fingerprint density at radius 1 is 1.36 bits per heavy atom. The van der Waals surface area contributed by atoms with Crippen LogP contribution in [0.4, 0.5) is 0 Å². The first-order valence-corrected chi connectivity index (χ1v) is 7.20. The first-order valence-electron chi connectivity index (χ1n) is 5.17. The van der Waals surface area contributed by atoms with Gasteiger partial charge in [0.25, 0.3) is 0 Å². The Hall–Kier alpha value is -0.0600. The third kappa shape index (κ3) is 1.59. The molecule has 0 saturated carbocycles. The molecule has 2 aliphatic heterocycles. The first-order chi connectivity index (χ1) is 6.93. The minimum absolute atomic E-state index is 0.711. The van der Waals surface area contributed by atoms with Crippen LogP contribution in [0.5, 0.6) is 0 Å². The summed E-state index contributed by atoms with van der Waals surface area (Å²) in [5.41, 5.74) is 1.36. The highest BCUT2D eigenvalue weighted by Crippen LogP contribution is 2.34. The summed E-state index contributed by atoms with van der Waals surface area (Å²) in [4.78, 5) is 4.78. The third-order valence-corrected chi connectivity index (χ3v) is 5.21. The van der Waals surface area contributed by atoms with Crippen LogP contribution in [0, 0.1) is 0 Å². The molecule has 0 aromatic carbocycles. The second-order valence-electron chi connectivity index (χ2n) is 4.03. The lowest BCUT2D eigenvalue weighted by Gasteiger charge is -2.24. The van der Waals surface area contributed by atoms with E-state index in [0.717, 1.165) is 19.0 Å². The van der Waals surface area contributed by atoms with Crippen LogP contribution in [0.1, 0.15) is 29.0 Å². The van der Waals surface area contributed by atoms with E-state index in [1.54, 1.807) is 0 Å². The van der Waals surface area contributed by atoms with E-state index < -0.39 is 0 Å². The van der Waals surface area contributed by atoms with Crippen molar-refractivity contribution in [2.75, 3.05) is 24.6 Å². The van der Waals surface area contributed by atoms with Crippen molar-refractivity contribution in [3.8, 4) is 0 Å². The molecule has 14 heavy (non-hydrogen) atoms. The van der Waals surface area contributed by atoms with Crippen molar-refractivity contribution in [3.63, 3.8) is 0 Å². The zero-order chi connectivity index (χ0) is 9.38. The molecular weight excluding hydrogens is 212 g/mol. The molecule has 1 aromatic heterocycles. The number of nitrogens with zero attached hydrogens (tertiary/aromatic N) is 1. The third-order valence-electron chi connectivity index (χ3n) is 3.02. The summed E-state index contributed by atoms with van der Waals surface area (Å²) < 4.78 is 0. The van der Waals surface area contributed by atoms with Crippen molar-refractivity contribution in [1.82, 2.24) is 10.3 Å². The SMILES string of the molecule is c1sc(C2CNC2)nc1C1CCSC1. The molecule has 2 fully saturated rings. The van der Waals surface area contributed by atoms with Crippen molar-refractivity contribution in [3.05, 3.63) is 16.1 Å². The summed E-state index contributed by atoms with van der Waals surface area (Å²) in [6.45, 7) is 2.26. The molecule has 0 amide bonds. The number of thiazole rings is 1. The van der Waals surface area contributed by atoms with Crippen LogP contribution in [-0.2, 0) is 0 Å². The van der Waals surface area contributed by atoms with Crippen LogP contribution in [0.25, 0.3) is 0 Å². The molecular formula is C10H14N2S2. The van der Waals surface area contributed by atoms with Crippen LogP contribution >= 0.6 is 23.1 Å². The average molecular weight is 226 g/mol. The summed E-state index contributed by atoms with van der Waals surface area (Å²) in [5, 5.41) is 6.94. The maximum Gasteiger partial charge on any atom is 0.0984 e. The number of nitrogens with one attached hydrogen (secondary N) is 1. The standard InChI is InChI=1S/C10H14N2S2/c1-2-13-5-7(1)9-6-14-10(12-9)8-3-11-4-8/h6-8,11H,1-5H2. The van der Waals surface area contributed by atoms with Gasteiger partial charge in [0.1, 0.15) is 0 Å². The zero-order valence-electron chi connectivity index (χ0n) is 8.03. The van der Waals surface area contributed by atoms with E-state index in [1.807, 2.05) is 11.3 Å². The summed E-state index contributed by atoms with van der Waals surface area (Å²) in [6.07, 6.45) is 1.33. The van der Waals surface area contributed by atoms with Crippen LogP contribution in [0.2, 0.25) is 0 Å². The Kier molecular flexibility index (Phi) is 2.51. The van der Waals surface area contributed by atoms with Crippen molar-refractivity contribution in [2.45, 2.75) is 18.3 Å². The van der Waals surface area contributed by atoms with E-state index in [0.29, 0.717) is 5.92 Å². The quantitative estimate of drug-likeness (QED) is 0.835. The molecule has 0 radical (unpaired) electrons. The van der Waals surface area contributed by atoms with Gasteiger partial charge in [-0.15, -0.1) is 11.3 Å². The highest BCUT2D eigenvalue weighted by atomic mass is 32.2. The number of rotatable bonds is 2. The predicted molar refractivity (Wildman–Crippen MR) is 62.4 cm³/mol. The molecule has 3 heterocycles. The smallest absolute Gasteiger partial charge is 0.0984 e. The molecule has 3 rings (SSSR count). The maximum absolute atomic E-state index is 4.78. The average Bonchev–Trinajstić information content (AvgIpc) is 2.65. The van der Waals surface area contributed by atoms with E-state index >= 15 is 0 Å². The molecule has 2 aliphatic rings. The molecule has 1 aromatic rings. The molecule has 0 aliphatic carbocycles. The summed E-state index contributed by atoms with van der Waals surface area (Å²) in [6, 6.07) is 0. The lowest BCUT2D eigenvalue weighted by molar-refractivity contribution is 0.446. The molecule has 76 valence electrons. The lowest BCUT2D eigenvalue weighted by Crippen LogP contribution is -2.39. The van der Waals surface area contributed by atoms with Crippen LogP contribution in [0.3, 0.4) is 0 Å².